The van der Waals surface area contributed by atoms with Crippen molar-refractivity contribution in [2.45, 2.75) is 39.7 Å². The largest absolute Gasteiger partial charge is 0.483 e. The van der Waals surface area contributed by atoms with E-state index in [4.69, 9.17) is 10.5 Å². The van der Waals surface area contributed by atoms with Gasteiger partial charge in [-0.1, -0.05) is 22.9 Å². The average Bonchev–Trinajstić information content (AvgIpc) is 2.37. The van der Waals surface area contributed by atoms with Crippen LogP contribution in [0.4, 0.5) is 0 Å². The summed E-state index contributed by atoms with van der Waals surface area (Å²) in [6.07, 6.45) is 1.64. The predicted octanol–water partition coefficient (Wildman–Crippen LogP) is 2.55. The van der Waals surface area contributed by atoms with Gasteiger partial charge in [0, 0.05) is 17.1 Å². The van der Waals surface area contributed by atoms with Crippen molar-refractivity contribution in [2.24, 2.45) is 5.73 Å². The van der Waals surface area contributed by atoms with Gasteiger partial charge in [0.05, 0.1) is 0 Å². The Hall–Kier alpha value is -1.07. The number of rotatable bonds is 7. The molecule has 3 N–H and O–H groups in total. The number of ether oxygens (including phenoxy) is 1. The van der Waals surface area contributed by atoms with Crippen LogP contribution in [-0.4, -0.2) is 25.1 Å². The molecule has 1 aromatic carbocycles. The lowest BCUT2D eigenvalue weighted by atomic mass is 10.0. The Morgan fingerprint density at radius 3 is 2.75 bits per heavy atom. The number of nitrogens with two attached hydrogens (primary N) is 1. The highest BCUT2D eigenvalue weighted by Crippen LogP contribution is 2.29. The molecule has 1 rings (SSSR count). The van der Waals surface area contributed by atoms with Crippen molar-refractivity contribution in [2.75, 3.05) is 13.2 Å². The fourth-order valence-electron chi connectivity index (χ4n) is 1.97. The van der Waals surface area contributed by atoms with Gasteiger partial charge in [0.1, 0.15) is 5.75 Å². The Morgan fingerprint density at radius 2 is 2.15 bits per heavy atom. The smallest absolute Gasteiger partial charge is 0.257 e. The highest BCUT2D eigenvalue weighted by molar-refractivity contribution is 9.10. The van der Waals surface area contributed by atoms with Gasteiger partial charge >= 0.3 is 0 Å². The van der Waals surface area contributed by atoms with Gasteiger partial charge in [0.2, 0.25) is 0 Å². The molecule has 0 aromatic heterocycles. The van der Waals surface area contributed by atoms with Gasteiger partial charge in [0.25, 0.3) is 5.91 Å². The zero-order valence-corrected chi connectivity index (χ0v) is 13.9. The molecule has 0 aliphatic carbocycles. The third-order valence-corrected chi connectivity index (χ3v) is 3.50. The molecule has 4 nitrogen and oxygen atoms in total. The molecule has 1 unspecified atom stereocenters. The van der Waals surface area contributed by atoms with Crippen molar-refractivity contribution >= 4 is 21.8 Å². The number of aryl methyl sites for hydroxylation is 1. The van der Waals surface area contributed by atoms with Gasteiger partial charge in [-0.25, -0.2) is 0 Å². The molecule has 0 saturated carbocycles. The highest BCUT2D eigenvalue weighted by Gasteiger charge is 2.13. The van der Waals surface area contributed by atoms with E-state index < -0.39 is 0 Å². The first kappa shape index (κ1) is 17.0. The second kappa shape index (κ2) is 8.27. The van der Waals surface area contributed by atoms with Crippen LogP contribution < -0.4 is 15.8 Å². The molecule has 1 atom stereocenters. The summed E-state index contributed by atoms with van der Waals surface area (Å²) in [5.74, 6) is 0.656. The third kappa shape index (κ3) is 5.13. The van der Waals surface area contributed by atoms with Crippen LogP contribution in [-0.2, 0) is 11.2 Å². The zero-order chi connectivity index (χ0) is 15.1. The van der Waals surface area contributed by atoms with E-state index in [1.807, 2.05) is 26.0 Å². The van der Waals surface area contributed by atoms with Crippen LogP contribution in [0.1, 0.15) is 31.4 Å². The third-order valence-electron chi connectivity index (χ3n) is 3.04. The first-order valence-electron chi connectivity index (χ1n) is 6.92. The van der Waals surface area contributed by atoms with Gasteiger partial charge in [-0.05, 0) is 49.9 Å². The van der Waals surface area contributed by atoms with E-state index in [-0.39, 0.29) is 18.6 Å². The number of nitrogens with one attached hydrogen (secondary N) is 1. The fraction of sp³-hybridized carbons (Fsp3) is 0.533. The lowest BCUT2D eigenvalue weighted by Gasteiger charge is -2.17. The number of carbonyl (C=O) groups excluding carboxylic acids is 1. The van der Waals surface area contributed by atoms with Crippen LogP contribution >= 0.6 is 15.9 Å². The zero-order valence-electron chi connectivity index (χ0n) is 12.3. The van der Waals surface area contributed by atoms with E-state index in [0.29, 0.717) is 6.54 Å². The summed E-state index contributed by atoms with van der Waals surface area (Å²) < 4.78 is 6.69. The minimum absolute atomic E-state index is 0.0324. The Labute approximate surface area is 129 Å². The van der Waals surface area contributed by atoms with Gasteiger partial charge in [-0.2, -0.15) is 0 Å². The first-order valence-corrected chi connectivity index (χ1v) is 7.71. The molecule has 0 fully saturated rings. The molecule has 0 saturated heterocycles. The SMILES string of the molecule is CCNC(=O)COc1c(C)cc(Br)cc1CC(N)CC. The summed E-state index contributed by atoms with van der Waals surface area (Å²) >= 11 is 3.49. The Morgan fingerprint density at radius 1 is 1.45 bits per heavy atom. The van der Waals surface area contributed by atoms with E-state index in [0.717, 1.165) is 34.2 Å². The van der Waals surface area contributed by atoms with E-state index in [2.05, 4.69) is 28.2 Å². The number of hydrogen-bond acceptors (Lipinski definition) is 3. The number of halogens is 1. The summed E-state index contributed by atoms with van der Waals surface area (Å²) in [7, 11) is 0. The van der Waals surface area contributed by atoms with Crippen molar-refractivity contribution in [1.82, 2.24) is 5.32 Å². The molecule has 0 radical (unpaired) electrons. The van der Waals surface area contributed by atoms with Gasteiger partial charge in [0.15, 0.2) is 6.61 Å². The van der Waals surface area contributed by atoms with Gasteiger partial charge < -0.3 is 15.8 Å². The first-order chi connectivity index (χ1) is 9.47. The monoisotopic (exact) mass is 342 g/mol. The van der Waals surface area contributed by atoms with Crippen LogP contribution in [0.2, 0.25) is 0 Å². The van der Waals surface area contributed by atoms with E-state index in [1.54, 1.807) is 0 Å². The minimum Gasteiger partial charge on any atom is -0.483 e. The topological polar surface area (TPSA) is 64.3 Å². The maximum atomic E-state index is 11.5. The van der Waals surface area contributed by atoms with Crippen LogP contribution in [0.3, 0.4) is 0 Å². The predicted molar refractivity (Wildman–Crippen MR) is 85.0 cm³/mol. The highest BCUT2D eigenvalue weighted by atomic mass is 79.9. The quantitative estimate of drug-likeness (QED) is 0.800. The molecule has 1 amide bonds. The Balaban J connectivity index is 2.89. The van der Waals surface area contributed by atoms with E-state index in [1.165, 1.54) is 0 Å². The average molecular weight is 343 g/mol. The van der Waals surface area contributed by atoms with Gasteiger partial charge in [-0.15, -0.1) is 0 Å². The molecule has 0 heterocycles. The second-order valence-corrected chi connectivity index (χ2v) is 5.74. The van der Waals surface area contributed by atoms with E-state index in [9.17, 15) is 4.79 Å². The molecule has 0 spiro atoms. The lowest BCUT2D eigenvalue weighted by Crippen LogP contribution is -2.29. The van der Waals surface area contributed by atoms with Crippen molar-refractivity contribution in [3.05, 3.63) is 27.7 Å². The van der Waals surface area contributed by atoms with Crippen LogP contribution in [0, 0.1) is 6.92 Å². The van der Waals surface area contributed by atoms with Gasteiger partial charge in [-0.3, -0.25) is 4.79 Å². The molecular weight excluding hydrogens is 320 g/mol. The van der Waals surface area contributed by atoms with E-state index >= 15 is 0 Å². The molecule has 112 valence electrons. The summed E-state index contributed by atoms with van der Waals surface area (Å²) in [5.41, 5.74) is 8.07. The van der Waals surface area contributed by atoms with Crippen molar-refractivity contribution < 1.29 is 9.53 Å². The summed E-state index contributed by atoms with van der Waals surface area (Å²) in [5, 5.41) is 2.72. The van der Waals surface area contributed by atoms with Crippen LogP contribution in [0.15, 0.2) is 16.6 Å². The maximum Gasteiger partial charge on any atom is 0.257 e. The number of likely N-dealkylation sites (N-methyl/N-ethyl adjacent to an activating group) is 1. The van der Waals surface area contributed by atoms with Crippen molar-refractivity contribution in [1.29, 1.82) is 0 Å². The number of benzene rings is 1. The van der Waals surface area contributed by atoms with Crippen LogP contribution in [0.25, 0.3) is 0 Å². The molecule has 20 heavy (non-hydrogen) atoms. The molecule has 0 bridgehead atoms. The summed E-state index contributed by atoms with van der Waals surface area (Å²) in [4.78, 5) is 11.5. The minimum atomic E-state index is -0.111. The summed E-state index contributed by atoms with van der Waals surface area (Å²) in [6, 6.07) is 4.08. The number of hydrogen-bond donors (Lipinski definition) is 2. The number of amides is 1. The second-order valence-electron chi connectivity index (χ2n) is 4.83. The Kier molecular flexibility index (Phi) is 7.02. The fourth-order valence-corrected chi connectivity index (χ4v) is 2.59. The normalized spacial score (nSPS) is 12.1. The maximum absolute atomic E-state index is 11.5. The standard InChI is InChI=1S/C15H23BrN2O2/c1-4-13(17)8-11-7-12(16)6-10(3)15(11)20-9-14(19)18-5-2/h6-7,13H,4-5,8-9,17H2,1-3H3,(H,18,19). The molecule has 0 aliphatic rings. The Bertz CT molecular complexity index is 463. The molecular formula is C15H23BrN2O2. The molecule has 1 aromatic rings. The van der Waals surface area contributed by atoms with Crippen molar-refractivity contribution in [3.63, 3.8) is 0 Å². The summed E-state index contributed by atoms with van der Waals surface area (Å²) in [6.45, 7) is 6.55. The molecule has 5 heteroatoms. The molecule has 0 aliphatic heterocycles. The van der Waals surface area contributed by atoms with Crippen LogP contribution in [0.5, 0.6) is 5.75 Å². The van der Waals surface area contributed by atoms with Crippen molar-refractivity contribution in [3.8, 4) is 5.75 Å². The lowest BCUT2D eigenvalue weighted by molar-refractivity contribution is -0.123. The number of carbonyl (C=O) groups is 1.